The summed E-state index contributed by atoms with van der Waals surface area (Å²) in [6.45, 7) is 0.527. The van der Waals surface area contributed by atoms with Crippen molar-refractivity contribution in [2.45, 2.75) is 17.5 Å². The minimum absolute atomic E-state index is 0.0324. The fourth-order valence-electron chi connectivity index (χ4n) is 4.24. The second kappa shape index (κ2) is 8.55. The number of fused-ring (bicyclic) bond motifs is 1. The van der Waals surface area contributed by atoms with E-state index in [4.69, 9.17) is 4.74 Å². The van der Waals surface area contributed by atoms with Crippen molar-refractivity contribution in [1.29, 1.82) is 0 Å². The summed E-state index contributed by atoms with van der Waals surface area (Å²) in [7, 11) is 1.65. The highest BCUT2D eigenvalue weighted by Gasteiger charge is 2.42. The van der Waals surface area contributed by atoms with Crippen LogP contribution >= 0.6 is 11.8 Å². The van der Waals surface area contributed by atoms with Crippen LogP contribution in [-0.4, -0.2) is 34.4 Å². The predicted molar refractivity (Wildman–Crippen MR) is 127 cm³/mol. The first-order valence-corrected chi connectivity index (χ1v) is 11.6. The summed E-state index contributed by atoms with van der Waals surface area (Å²) < 4.78 is 5.30. The number of thioether (sulfide) groups is 1. The van der Waals surface area contributed by atoms with Gasteiger partial charge in [-0.25, -0.2) is 0 Å². The van der Waals surface area contributed by atoms with Crippen molar-refractivity contribution in [3.05, 3.63) is 101 Å². The molecule has 0 radical (unpaired) electrons. The normalized spacial score (nSPS) is 15.1. The van der Waals surface area contributed by atoms with Crippen molar-refractivity contribution in [3.8, 4) is 17.0 Å². The first-order valence-electron chi connectivity index (χ1n) is 10.4. The number of aromatic amines is 1. The van der Waals surface area contributed by atoms with Gasteiger partial charge in [-0.3, -0.25) is 9.89 Å². The van der Waals surface area contributed by atoms with E-state index in [1.54, 1.807) is 18.9 Å². The van der Waals surface area contributed by atoms with Crippen LogP contribution in [0.3, 0.4) is 0 Å². The number of rotatable bonds is 6. The molecule has 0 aliphatic carbocycles. The molecule has 0 fully saturated rings. The lowest BCUT2D eigenvalue weighted by atomic mass is 9.96. The minimum atomic E-state index is -0.218. The highest BCUT2D eigenvalue weighted by molar-refractivity contribution is 7.98. The number of benzene rings is 3. The highest BCUT2D eigenvalue weighted by atomic mass is 32.2. The van der Waals surface area contributed by atoms with Gasteiger partial charge in [0.2, 0.25) is 0 Å². The van der Waals surface area contributed by atoms with Crippen LogP contribution in [0.1, 0.15) is 33.2 Å². The predicted octanol–water partition coefficient (Wildman–Crippen LogP) is 5.55. The summed E-state index contributed by atoms with van der Waals surface area (Å²) in [6.07, 6.45) is 2.06. The maximum Gasteiger partial charge on any atom is 0.273 e. The molecule has 5 nitrogen and oxygen atoms in total. The maximum absolute atomic E-state index is 13.5. The third-order valence-electron chi connectivity index (χ3n) is 5.85. The monoisotopic (exact) mass is 441 g/mol. The molecule has 1 amide bonds. The van der Waals surface area contributed by atoms with Crippen LogP contribution in [0.15, 0.2) is 83.8 Å². The Kier molecular flexibility index (Phi) is 5.45. The Bertz CT molecular complexity index is 1230. The van der Waals surface area contributed by atoms with Crippen LogP contribution in [0.4, 0.5) is 0 Å². The second-order valence-corrected chi connectivity index (χ2v) is 8.56. The fraction of sp³-hybridized carbons (Fsp3) is 0.154. The molecule has 5 rings (SSSR count). The van der Waals surface area contributed by atoms with Crippen LogP contribution in [0.5, 0.6) is 5.75 Å². The molecule has 1 unspecified atom stereocenters. The van der Waals surface area contributed by atoms with Gasteiger partial charge in [-0.1, -0.05) is 42.5 Å². The molecule has 0 spiro atoms. The van der Waals surface area contributed by atoms with Gasteiger partial charge in [-0.15, -0.1) is 11.8 Å². The van der Waals surface area contributed by atoms with E-state index in [0.717, 1.165) is 33.7 Å². The number of hydrogen-bond acceptors (Lipinski definition) is 4. The maximum atomic E-state index is 13.5. The summed E-state index contributed by atoms with van der Waals surface area (Å²) in [5.74, 6) is 0.752. The van der Waals surface area contributed by atoms with Crippen LogP contribution in [-0.2, 0) is 6.54 Å². The summed E-state index contributed by atoms with van der Waals surface area (Å²) in [5.41, 5.74) is 5.39. The number of hydrogen-bond donors (Lipinski definition) is 1. The number of carbonyl (C=O) groups is 1. The molecule has 0 saturated heterocycles. The van der Waals surface area contributed by atoms with Crippen molar-refractivity contribution in [3.63, 3.8) is 0 Å². The van der Waals surface area contributed by atoms with Gasteiger partial charge in [0.15, 0.2) is 0 Å². The molecule has 6 heteroatoms. The molecule has 2 heterocycles. The molecule has 3 aromatic carbocycles. The van der Waals surface area contributed by atoms with Gasteiger partial charge in [0.1, 0.15) is 11.4 Å². The largest absolute Gasteiger partial charge is 0.497 e. The van der Waals surface area contributed by atoms with Crippen molar-refractivity contribution in [2.24, 2.45) is 0 Å². The van der Waals surface area contributed by atoms with E-state index < -0.39 is 0 Å². The van der Waals surface area contributed by atoms with Gasteiger partial charge in [-0.2, -0.15) is 5.10 Å². The molecule has 160 valence electrons. The van der Waals surface area contributed by atoms with E-state index in [2.05, 4.69) is 52.9 Å². The summed E-state index contributed by atoms with van der Waals surface area (Å²) in [4.78, 5) is 16.6. The van der Waals surface area contributed by atoms with Gasteiger partial charge < -0.3 is 9.64 Å². The van der Waals surface area contributed by atoms with Crippen molar-refractivity contribution >= 4 is 17.7 Å². The van der Waals surface area contributed by atoms with Crippen LogP contribution in [0.25, 0.3) is 11.3 Å². The number of methoxy groups -OCH3 is 1. The molecular weight excluding hydrogens is 418 g/mol. The first-order chi connectivity index (χ1) is 15.7. The molecule has 4 aromatic rings. The third kappa shape index (κ3) is 3.56. The van der Waals surface area contributed by atoms with Crippen LogP contribution < -0.4 is 4.74 Å². The van der Waals surface area contributed by atoms with Crippen molar-refractivity contribution in [1.82, 2.24) is 15.1 Å². The number of nitrogens with one attached hydrogen (secondary N) is 1. The fourth-order valence-corrected chi connectivity index (χ4v) is 4.65. The van der Waals surface area contributed by atoms with Gasteiger partial charge >= 0.3 is 0 Å². The second-order valence-electron chi connectivity index (χ2n) is 7.68. The zero-order valence-corrected chi connectivity index (χ0v) is 18.7. The van der Waals surface area contributed by atoms with Gasteiger partial charge in [0.25, 0.3) is 5.91 Å². The molecular formula is C26H23N3O2S. The van der Waals surface area contributed by atoms with Crippen molar-refractivity contribution < 1.29 is 9.53 Å². The molecule has 1 aliphatic rings. The van der Waals surface area contributed by atoms with E-state index in [9.17, 15) is 4.79 Å². The molecule has 32 heavy (non-hydrogen) atoms. The van der Waals surface area contributed by atoms with E-state index in [-0.39, 0.29) is 11.9 Å². The number of aromatic nitrogens is 2. The zero-order chi connectivity index (χ0) is 22.1. The van der Waals surface area contributed by atoms with Gasteiger partial charge in [0.05, 0.1) is 18.8 Å². The molecule has 1 aliphatic heterocycles. The summed E-state index contributed by atoms with van der Waals surface area (Å²) >= 11 is 1.70. The van der Waals surface area contributed by atoms with E-state index >= 15 is 0 Å². The van der Waals surface area contributed by atoms with Crippen molar-refractivity contribution in [2.75, 3.05) is 13.4 Å². The number of nitrogens with zero attached hydrogens (tertiary/aromatic N) is 2. The smallest absolute Gasteiger partial charge is 0.273 e. The standard InChI is InChI=1S/C26H23N3O2S/c1-31-20-12-8-18(9-13-20)23-22-24(28-27-23)26(30)29(16-17-6-4-3-5-7-17)25(22)19-10-14-21(32-2)15-11-19/h3-15,25H,16H2,1-2H3,(H,27,28). The average Bonchev–Trinajstić information content (AvgIpc) is 3.39. The van der Waals surface area contributed by atoms with E-state index in [1.807, 2.05) is 47.4 Å². The lowest BCUT2D eigenvalue weighted by Crippen LogP contribution is -2.29. The van der Waals surface area contributed by atoms with Crippen LogP contribution in [0, 0.1) is 0 Å². The lowest BCUT2D eigenvalue weighted by Gasteiger charge is -2.26. The topological polar surface area (TPSA) is 58.2 Å². The minimum Gasteiger partial charge on any atom is -0.497 e. The number of carbonyl (C=O) groups excluding carboxylic acids is 1. The van der Waals surface area contributed by atoms with Gasteiger partial charge in [0, 0.05) is 22.6 Å². The number of H-pyrrole nitrogens is 1. The Morgan fingerprint density at radius 1 is 1.00 bits per heavy atom. The zero-order valence-electron chi connectivity index (χ0n) is 17.9. The Hall–Kier alpha value is -3.51. The molecule has 0 saturated carbocycles. The van der Waals surface area contributed by atoms with E-state index in [0.29, 0.717) is 12.2 Å². The average molecular weight is 442 g/mol. The summed E-state index contributed by atoms with van der Waals surface area (Å²) in [5, 5.41) is 7.57. The Balaban J connectivity index is 1.62. The highest BCUT2D eigenvalue weighted by Crippen LogP contribution is 2.43. The first kappa shape index (κ1) is 20.4. The SMILES string of the molecule is COc1ccc(-c2n[nH]c3c2C(c2ccc(SC)cc2)N(Cc2ccccc2)C3=O)cc1. The Morgan fingerprint density at radius 3 is 2.38 bits per heavy atom. The van der Waals surface area contributed by atoms with Crippen LogP contribution in [0.2, 0.25) is 0 Å². The Morgan fingerprint density at radius 2 is 1.72 bits per heavy atom. The number of ether oxygens (including phenoxy) is 1. The molecule has 0 bridgehead atoms. The number of amides is 1. The summed E-state index contributed by atoms with van der Waals surface area (Å²) in [6, 6.07) is 26.1. The molecule has 1 N–H and O–H groups in total. The third-order valence-corrected chi connectivity index (χ3v) is 6.60. The van der Waals surface area contributed by atoms with E-state index in [1.165, 1.54) is 4.90 Å². The van der Waals surface area contributed by atoms with Gasteiger partial charge in [-0.05, 0) is 53.8 Å². The quantitative estimate of drug-likeness (QED) is 0.399. The molecule has 1 aromatic heterocycles. The lowest BCUT2D eigenvalue weighted by molar-refractivity contribution is 0.0730. The molecule has 1 atom stereocenters. The Labute approximate surface area is 191 Å².